The van der Waals surface area contributed by atoms with E-state index < -0.39 is 17.5 Å². The molecule has 0 saturated heterocycles. The van der Waals surface area contributed by atoms with Crippen LogP contribution in [0.2, 0.25) is 0 Å². The molecule has 0 aliphatic rings. The topological polar surface area (TPSA) is 29.1 Å². The molecule has 0 unspecified atom stereocenters. The number of amides is 1. The van der Waals surface area contributed by atoms with Crippen LogP contribution >= 0.6 is 15.9 Å². The minimum absolute atomic E-state index is 0.0968. The summed E-state index contributed by atoms with van der Waals surface area (Å²) in [6.07, 6.45) is 0. The van der Waals surface area contributed by atoms with Gasteiger partial charge in [-0.1, -0.05) is 13.8 Å². The molecule has 1 N–H and O–H groups in total. The number of hydrogen-bond donors (Lipinski definition) is 1. The molecule has 0 atom stereocenters. The SMILES string of the molecule is CC(C)CNC(=O)c1cc(F)c(F)cc1Br. The zero-order chi connectivity index (χ0) is 12.3. The molecule has 0 aliphatic carbocycles. The molecule has 0 saturated carbocycles. The molecule has 1 aromatic rings. The van der Waals surface area contributed by atoms with Crippen molar-refractivity contribution in [1.29, 1.82) is 0 Å². The summed E-state index contributed by atoms with van der Waals surface area (Å²) in [5.41, 5.74) is 0.0968. The van der Waals surface area contributed by atoms with Gasteiger partial charge in [0.15, 0.2) is 11.6 Å². The van der Waals surface area contributed by atoms with Gasteiger partial charge in [0.25, 0.3) is 5.91 Å². The summed E-state index contributed by atoms with van der Waals surface area (Å²) < 4.78 is 26.0. The second-order valence-corrected chi connectivity index (χ2v) is 4.70. The minimum Gasteiger partial charge on any atom is -0.352 e. The van der Waals surface area contributed by atoms with Gasteiger partial charge in [0, 0.05) is 11.0 Å². The summed E-state index contributed by atoms with van der Waals surface area (Å²) in [5.74, 6) is -2.13. The van der Waals surface area contributed by atoms with E-state index >= 15 is 0 Å². The summed E-state index contributed by atoms with van der Waals surface area (Å²) in [4.78, 5) is 11.6. The Balaban J connectivity index is 2.87. The highest BCUT2D eigenvalue weighted by Crippen LogP contribution is 2.20. The maximum absolute atomic E-state index is 12.9. The summed E-state index contributed by atoms with van der Waals surface area (Å²) in [6, 6.07) is 1.83. The van der Waals surface area contributed by atoms with E-state index in [0.717, 1.165) is 12.1 Å². The van der Waals surface area contributed by atoms with E-state index in [2.05, 4.69) is 21.2 Å². The van der Waals surface area contributed by atoms with Gasteiger partial charge in [-0.15, -0.1) is 0 Å². The Hall–Kier alpha value is -0.970. The van der Waals surface area contributed by atoms with Crippen LogP contribution in [0.15, 0.2) is 16.6 Å². The van der Waals surface area contributed by atoms with Crippen LogP contribution < -0.4 is 5.32 Å². The van der Waals surface area contributed by atoms with Gasteiger partial charge in [-0.2, -0.15) is 0 Å². The summed E-state index contributed by atoms with van der Waals surface area (Å²) in [7, 11) is 0. The largest absolute Gasteiger partial charge is 0.352 e. The van der Waals surface area contributed by atoms with Gasteiger partial charge < -0.3 is 5.32 Å². The van der Waals surface area contributed by atoms with Gasteiger partial charge in [0.2, 0.25) is 0 Å². The van der Waals surface area contributed by atoms with Crippen LogP contribution in [0.1, 0.15) is 24.2 Å². The lowest BCUT2D eigenvalue weighted by Crippen LogP contribution is -2.27. The van der Waals surface area contributed by atoms with Crippen LogP contribution in [-0.4, -0.2) is 12.5 Å². The van der Waals surface area contributed by atoms with Gasteiger partial charge in [-0.25, -0.2) is 8.78 Å². The average Bonchev–Trinajstić information content (AvgIpc) is 2.20. The van der Waals surface area contributed by atoms with Gasteiger partial charge in [-0.3, -0.25) is 4.79 Å². The van der Waals surface area contributed by atoms with Gasteiger partial charge in [-0.05, 0) is 34.0 Å². The molecular weight excluding hydrogens is 280 g/mol. The van der Waals surface area contributed by atoms with Crippen molar-refractivity contribution in [2.24, 2.45) is 5.92 Å². The second kappa shape index (κ2) is 5.39. The Morgan fingerprint density at radius 3 is 2.50 bits per heavy atom. The Morgan fingerprint density at radius 2 is 1.94 bits per heavy atom. The van der Waals surface area contributed by atoms with E-state index in [-0.39, 0.29) is 10.0 Å². The predicted octanol–water partition coefficient (Wildman–Crippen LogP) is 3.11. The van der Waals surface area contributed by atoms with E-state index in [4.69, 9.17) is 0 Å². The molecule has 0 spiro atoms. The molecule has 0 heterocycles. The first-order chi connectivity index (χ1) is 7.41. The summed E-state index contributed by atoms with van der Waals surface area (Å²) in [6.45, 7) is 4.38. The fourth-order valence-electron chi connectivity index (χ4n) is 1.09. The first-order valence-corrected chi connectivity index (χ1v) is 5.64. The molecule has 5 heteroatoms. The quantitative estimate of drug-likeness (QED) is 0.852. The molecule has 2 nitrogen and oxygen atoms in total. The van der Waals surface area contributed by atoms with Crippen molar-refractivity contribution in [3.63, 3.8) is 0 Å². The van der Waals surface area contributed by atoms with Crippen molar-refractivity contribution in [1.82, 2.24) is 5.32 Å². The highest BCUT2D eigenvalue weighted by atomic mass is 79.9. The monoisotopic (exact) mass is 291 g/mol. The summed E-state index contributed by atoms with van der Waals surface area (Å²) >= 11 is 3.02. The lowest BCUT2D eigenvalue weighted by molar-refractivity contribution is 0.0947. The number of carbonyl (C=O) groups is 1. The molecule has 88 valence electrons. The maximum Gasteiger partial charge on any atom is 0.252 e. The van der Waals surface area contributed by atoms with Gasteiger partial charge in [0.05, 0.1) is 5.56 Å². The fourth-order valence-corrected chi connectivity index (χ4v) is 1.58. The molecular formula is C11H12BrF2NO. The number of carbonyl (C=O) groups excluding carboxylic acids is 1. The molecule has 1 rings (SSSR count). The van der Waals surface area contributed by atoms with Crippen molar-refractivity contribution in [2.45, 2.75) is 13.8 Å². The molecule has 0 fully saturated rings. The standard InChI is InChI=1S/C11H12BrF2NO/c1-6(2)5-15-11(16)7-3-9(13)10(14)4-8(7)12/h3-4,6H,5H2,1-2H3,(H,15,16). The van der Waals surface area contributed by atoms with E-state index in [0.29, 0.717) is 12.5 Å². The minimum atomic E-state index is -1.03. The average molecular weight is 292 g/mol. The van der Waals surface area contributed by atoms with Crippen molar-refractivity contribution in [3.05, 3.63) is 33.8 Å². The van der Waals surface area contributed by atoms with Gasteiger partial charge >= 0.3 is 0 Å². The predicted molar refractivity (Wildman–Crippen MR) is 61.2 cm³/mol. The molecule has 1 aromatic carbocycles. The highest BCUT2D eigenvalue weighted by molar-refractivity contribution is 9.10. The van der Waals surface area contributed by atoms with Crippen LogP contribution in [0.3, 0.4) is 0 Å². The maximum atomic E-state index is 12.9. The Bertz CT molecular complexity index is 407. The molecule has 0 aromatic heterocycles. The Morgan fingerprint density at radius 1 is 1.38 bits per heavy atom. The molecule has 16 heavy (non-hydrogen) atoms. The van der Waals surface area contributed by atoms with Crippen LogP contribution in [0.4, 0.5) is 8.78 Å². The lowest BCUT2D eigenvalue weighted by Gasteiger charge is -2.09. The van der Waals surface area contributed by atoms with Crippen LogP contribution in [0.5, 0.6) is 0 Å². The van der Waals surface area contributed by atoms with E-state index in [9.17, 15) is 13.6 Å². The fraction of sp³-hybridized carbons (Fsp3) is 0.364. The first-order valence-electron chi connectivity index (χ1n) is 4.84. The molecule has 0 bridgehead atoms. The first kappa shape index (κ1) is 13.1. The van der Waals surface area contributed by atoms with Crippen molar-refractivity contribution in [3.8, 4) is 0 Å². The van der Waals surface area contributed by atoms with Crippen molar-refractivity contribution >= 4 is 21.8 Å². The summed E-state index contributed by atoms with van der Waals surface area (Å²) in [5, 5.41) is 2.63. The Kier molecular flexibility index (Phi) is 4.41. The third-order valence-corrected chi connectivity index (χ3v) is 2.58. The number of nitrogens with one attached hydrogen (secondary N) is 1. The van der Waals surface area contributed by atoms with Crippen molar-refractivity contribution in [2.75, 3.05) is 6.54 Å². The molecule has 0 aliphatic heterocycles. The number of rotatable bonds is 3. The van der Waals surface area contributed by atoms with Crippen LogP contribution in [0, 0.1) is 17.6 Å². The highest BCUT2D eigenvalue weighted by Gasteiger charge is 2.14. The third-order valence-electron chi connectivity index (χ3n) is 1.93. The smallest absolute Gasteiger partial charge is 0.252 e. The number of halogens is 3. The Labute approximate surface area is 101 Å². The zero-order valence-corrected chi connectivity index (χ0v) is 10.6. The third kappa shape index (κ3) is 3.27. The molecule has 0 radical (unpaired) electrons. The van der Waals surface area contributed by atoms with E-state index in [1.54, 1.807) is 0 Å². The normalized spacial score (nSPS) is 10.6. The van der Waals surface area contributed by atoms with E-state index in [1.807, 2.05) is 13.8 Å². The number of hydrogen-bond acceptors (Lipinski definition) is 1. The number of benzene rings is 1. The van der Waals surface area contributed by atoms with Crippen molar-refractivity contribution < 1.29 is 13.6 Å². The lowest BCUT2D eigenvalue weighted by atomic mass is 10.2. The van der Waals surface area contributed by atoms with Crippen LogP contribution in [0.25, 0.3) is 0 Å². The molecule has 1 amide bonds. The zero-order valence-electron chi connectivity index (χ0n) is 8.98. The second-order valence-electron chi connectivity index (χ2n) is 3.85. The van der Waals surface area contributed by atoms with E-state index in [1.165, 1.54) is 0 Å². The van der Waals surface area contributed by atoms with Crippen LogP contribution in [-0.2, 0) is 0 Å². The van der Waals surface area contributed by atoms with Gasteiger partial charge in [0.1, 0.15) is 0 Å².